The van der Waals surface area contributed by atoms with Crippen molar-refractivity contribution in [3.8, 4) is 0 Å². The monoisotopic (exact) mass is 293 g/mol. The topological polar surface area (TPSA) is 98.1 Å². The van der Waals surface area contributed by atoms with Crippen LogP contribution in [0.2, 0.25) is 5.02 Å². The standard InChI is InChI=1S/C10H13ClNO5P/c11-9-4-1-3-8(7-9)10(13)12(14)5-2-6-18(15,16)17/h1,3-4,7,14H,2,5-6H2,(H2,15,16,17). The molecule has 0 bridgehead atoms. The van der Waals surface area contributed by atoms with Gasteiger partial charge in [0, 0.05) is 17.1 Å². The molecule has 0 saturated carbocycles. The van der Waals surface area contributed by atoms with E-state index in [4.69, 9.17) is 21.4 Å². The summed E-state index contributed by atoms with van der Waals surface area (Å²) >= 11 is 5.70. The van der Waals surface area contributed by atoms with Gasteiger partial charge in [0.2, 0.25) is 0 Å². The maximum absolute atomic E-state index is 11.7. The van der Waals surface area contributed by atoms with Crippen molar-refractivity contribution in [1.29, 1.82) is 0 Å². The van der Waals surface area contributed by atoms with E-state index in [2.05, 4.69) is 0 Å². The van der Waals surface area contributed by atoms with E-state index in [0.29, 0.717) is 10.1 Å². The van der Waals surface area contributed by atoms with Gasteiger partial charge in [0.15, 0.2) is 0 Å². The Morgan fingerprint density at radius 3 is 2.61 bits per heavy atom. The summed E-state index contributed by atoms with van der Waals surface area (Å²) in [5.41, 5.74) is 0.209. The molecule has 0 spiro atoms. The average Bonchev–Trinajstić information content (AvgIpc) is 2.26. The van der Waals surface area contributed by atoms with E-state index < -0.39 is 13.5 Å². The van der Waals surface area contributed by atoms with Crippen molar-refractivity contribution >= 4 is 25.1 Å². The van der Waals surface area contributed by atoms with Crippen LogP contribution in [0.25, 0.3) is 0 Å². The highest BCUT2D eigenvalue weighted by molar-refractivity contribution is 7.51. The van der Waals surface area contributed by atoms with Gasteiger partial charge < -0.3 is 9.79 Å². The summed E-state index contributed by atoms with van der Waals surface area (Å²) in [7, 11) is -4.10. The van der Waals surface area contributed by atoms with Crippen LogP contribution in [-0.4, -0.2) is 38.7 Å². The summed E-state index contributed by atoms with van der Waals surface area (Å²) in [6.45, 7) is -0.156. The Bertz CT molecular complexity index is 475. The predicted octanol–water partition coefficient (Wildman–Crippen LogP) is 1.74. The molecule has 0 heterocycles. The summed E-state index contributed by atoms with van der Waals surface area (Å²) in [6.07, 6.45) is -0.375. The zero-order chi connectivity index (χ0) is 13.8. The average molecular weight is 294 g/mol. The molecule has 1 aromatic rings. The van der Waals surface area contributed by atoms with Crippen LogP contribution < -0.4 is 0 Å². The van der Waals surface area contributed by atoms with Crippen LogP contribution in [-0.2, 0) is 4.57 Å². The Kier molecular flexibility index (Phi) is 5.31. The van der Waals surface area contributed by atoms with Crippen LogP contribution in [0.1, 0.15) is 16.8 Å². The van der Waals surface area contributed by atoms with E-state index in [1.54, 1.807) is 12.1 Å². The summed E-state index contributed by atoms with van der Waals surface area (Å²) in [5.74, 6) is -0.664. The van der Waals surface area contributed by atoms with Crippen molar-refractivity contribution in [1.82, 2.24) is 5.06 Å². The SMILES string of the molecule is O=C(c1cccc(Cl)c1)N(O)CCCP(=O)(O)O. The molecule has 0 aliphatic heterocycles. The molecule has 3 N–H and O–H groups in total. The molecule has 0 fully saturated rings. The van der Waals surface area contributed by atoms with E-state index >= 15 is 0 Å². The first kappa shape index (κ1) is 15.1. The smallest absolute Gasteiger partial charge is 0.324 e. The fourth-order valence-corrected chi connectivity index (χ4v) is 2.04. The Morgan fingerprint density at radius 2 is 2.06 bits per heavy atom. The molecule has 1 aromatic carbocycles. The van der Waals surface area contributed by atoms with Gasteiger partial charge in [-0.2, -0.15) is 0 Å². The van der Waals surface area contributed by atoms with Crippen molar-refractivity contribution in [3.05, 3.63) is 34.9 Å². The predicted molar refractivity (Wildman–Crippen MR) is 65.8 cm³/mol. The number of carbonyl (C=O) groups excluding carboxylic acids is 1. The lowest BCUT2D eigenvalue weighted by atomic mass is 10.2. The van der Waals surface area contributed by atoms with Crippen molar-refractivity contribution in [2.45, 2.75) is 6.42 Å². The fraction of sp³-hybridized carbons (Fsp3) is 0.300. The molecule has 1 rings (SSSR count). The molecule has 8 heteroatoms. The van der Waals surface area contributed by atoms with Crippen molar-refractivity contribution in [2.75, 3.05) is 12.7 Å². The summed E-state index contributed by atoms with van der Waals surface area (Å²) in [5, 5.41) is 10.2. The zero-order valence-electron chi connectivity index (χ0n) is 9.36. The lowest BCUT2D eigenvalue weighted by Crippen LogP contribution is -2.28. The molecule has 0 aliphatic rings. The van der Waals surface area contributed by atoms with Gasteiger partial charge in [-0.25, -0.2) is 5.06 Å². The lowest BCUT2D eigenvalue weighted by molar-refractivity contribution is -0.0578. The first-order valence-corrected chi connectivity index (χ1v) is 7.28. The van der Waals surface area contributed by atoms with Crippen LogP contribution >= 0.6 is 19.2 Å². The molecule has 0 unspecified atom stereocenters. The number of benzene rings is 1. The van der Waals surface area contributed by atoms with E-state index in [0.717, 1.165) is 0 Å². The Morgan fingerprint density at radius 1 is 1.39 bits per heavy atom. The van der Waals surface area contributed by atoms with Gasteiger partial charge >= 0.3 is 7.60 Å². The third-order valence-electron chi connectivity index (χ3n) is 2.13. The number of carbonyl (C=O) groups is 1. The number of hydrogen-bond donors (Lipinski definition) is 3. The number of rotatable bonds is 5. The van der Waals surface area contributed by atoms with E-state index in [9.17, 15) is 14.6 Å². The molecule has 0 aromatic heterocycles. The molecule has 18 heavy (non-hydrogen) atoms. The molecular weight excluding hydrogens is 281 g/mol. The van der Waals surface area contributed by atoms with Crippen molar-refractivity contribution in [2.24, 2.45) is 0 Å². The van der Waals surface area contributed by atoms with Gasteiger partial charge in [0.25, 0.3) is 5.91 Å². The molecule has 1 amide bonds. The quantitative estimate of drug-likeness (QED) is 0.436. The maximum atomic E-state index is 11.7. The number of hydrogen-bond acceptors (Lipinski definition) is 3. The third-order valence-corrected chi connectivity index (χ3v) is 3.26. The van der Waals surface area contributed by atoms with Gasteiger partial charge in [-0.05, 0) is 24.6 Å². The largest absolute Gasteiger partial charge is 0.325 e. The minimum atomic E-state index is -4.10. The van der Waals surface area contributed by atoms with Crippen LogP contribution in [0.15, 0.2) is 24.3 Å². The van der Waals surface area contributed by atoms with Crippen molar-refractivity contribution in [3.63, 3.8) is 0 Å². The minimum absolute atomic E-state index is 0.00703. The van der Waals surface area contributed by atoms with Gasteiger partial charge in [0.05, 0.1) is 6.16 Å². The molecule has 6 nitrogen and oxygen atoms in total. The van der Waals surface area contributed by atoms with Crippen LogP contribution in [0.3, 0.4) is 0 Å². The van der Waals surface area contributed by atoms with Crippen molar-refractivity contribution < 1.29 is 24.4 Å². The molecule has 0 saturated heterocycles. The Labute approximate surface area is 109 Å². The molecule has 0 atom stereocenters. The normalized spacial score (nSPS) is 11.3. The van der Waals surface area contributed by atoms with Crippen LogP contribution in [0.5, 0.6) is 0 Å². The van der Waals surface area contributed by atoms with Crippen LogP contribution in [0, 0.1) is 0 Å². The van der Waals surface area contributed by atoms with Gasteiger partial charge in [-0.1, -0.05) is 17.7 Å². The second kappa shape index (κ2) is 6.31. The Balaban J connectivity index is 2.54. The lowest BCUT2D eigenvalue weighted by Gasteiger charge is -2.15. The van der Waals surface area contributed by atoms with E-state index in [1.165, 1.54) is 12.1 Å². The highest BCUT2D eigenvalue weighted by Gasteiger charge is 2.17. The number of nitrogens with zero attached hydrogens (tertiary/aromatic N) is 1. The third kappa shape index (κ3) is 5.16. The second-order valence-corrected chi connectivity index (χ2v) is 5.89. The van der Waals surface area contributed by atoms with Gasteiger partial charge in [-0.15, -0.1) is 0 Å². The first-order chi connectivity index (χ1) is 8.29. The summed E-state index contributed by atoms with van der Waals surface area (Å²) in [6, 6.07) is 6.05. The summed E-state index contributed by atoms with van der Waals surface area (Å²) in [4.78, 5) is 28.9. The number of hydroxylamine groups is 2. The molecule has 0 radical (unpaired) electrons. The van der Waals surface area contributed by atoms with E-state index in [-0.39, 0.29) is 24.7 Å². The van der Waals surface area contributed by atoms with Gasteiger partial charge in [0.1, 0.15) is 0 Å². The molecule has 0 aliphatic carbocycles. The van der Waals surface area contributed by atoms with Crippen LogP contribution in [0.4, 0.5) is 0 Å². The number of halogens is 1. The van der Waals surface area contributed by atoms with E-state index in [1.807, 2.05) is 0 Å². The highest BCUT2D eigenvalue weighted by atomic mass is 35.5. The second-order valence-electron chi connectivity index (χ2n) is 3.68. The minimum Gasteiger partial charge on any atom is -0.324 e. The Hall–Kier alpha value is -0.910. The van der Waals surface area contributed by atoms with Gasteiger partial charge in [-0.3, -0.25) is 14.6 Å². The highest BCUT2D eigenvalue weighted by Crippen LogP contribution is 2.34. The first-order valence-electron chi connectivity index (χ1n) is 5.10. The maximum Gasteiger partial charge on any atom is 0.325 e. The number of amides is 1. The molecular formula is C10H13ClNO5P. The fourth-order valence-electron chi connectivity index (χ4n) is 1.30. The molecule has 100 valence electrons. The summed E-state index contributed by atoms with van der Waals surface area (Å²) < 4.78 is 10.6. The zero-order valence-corrected chi connectivity index (χ0v) is 11.0.